The van der Waals surface area contributed by atoms with Gasteiger partial charge in [0, 0.05) is 44.8 Å². The highest BCUT2D eigenvalue weighted by Gasteiger charge is 2.24. The van der Waals surface area contributed by atoms with Crippen LogP contribution in [0.25, 0.3) is 0 Å². The molecule has 1 atom stereocenters. The Balaban J connectivity index is 1.45. The van der Waals surface area contributed by atoms with Gasteiger partial charge in [0.1, 0.15) is 23.7 Å². The third-order valence-electron chi connectivity index (χ3n) is 6.06. The van der Waals surface area contributed by atoms with Gasteiger partial charge in [-0.05, 0) is 37.8 Å². The van der Waals surface area contributed by atoms with Crippen LogP contribution in [0.15, 0.2) is 36.7 Å². The van der Waals surface area contributed by atoms with Crippen LogP contribution in [0.1, 0.15) is 32.6 Å². The molecule has 1 aromatic heterocycles. The molecule has 150 valence electrons. The maximum Gasteiger partial charge on any atom is 0.142 e. The van der Waals surface area contributed by atoms with Crippen LogP contribution in [0.5, 0.6) is 5.75 Å². The lowest BCUT2D eigenvalue weighted by atomic mass is 10.00. The Labute approximate surface area is 168 Å². The first-order chi connectivity index (χ1) is 13.8. The van der Waals surface area contributed by atoms with Gasteiger partial charge in [0.15, 0.2) is 0 Å². The number of nitrogens with zero attached hydrogens (tertiary/aromatic N) is 5. The van der Waals surface area contributed by atoms with Gasteiger partial charge in [0.05, 0.1) is 12.8 Å². The van der Waals surface area contributed by atoms with E-state index in [-0.39, 0.29) is 0 Å². The molecule has 0 spiro atoms. The number of benzene rings is 1. The molecule has 2 aromatic rings. The van der Waals surface area contributed by atoms with Crippen molar-refractivity contribution in [3.63, 3.8) is 0 Å². The molecule has 0 bridgehead atoms. The van der Waals surface area contributed by atoms with Crippen LogP contribution in [0.3, 0.4) is 0 Å². The van der Waals surface area contributed by atoms with E-state index in [0.717, 1.165) is 50.1 Å². The molecular weight excluding hydrogens is 350 g/mol. The first-order valence-electron chi connectivity index (χ1n) is 10.5. The second kappa shape index (κ2) is 8.67. The first-order valence-corrected chi connectivity index (χ1v) is 10.5. The van der Waals surface area contributed by atoms with E-state index >= 15 is 0 Å². The molecule has 2 aliphatic heterocycles. The number of rotatable bonds is 5. The van der Waals surface area contributed by atoms with Crippen LogP contribution in [0.4, 0.5) is 17.3 Å². The Kier molecular flexibility index (Phi) is 5.84. The molecule has 1 aromatic carbocycles. The van der Waals surface area contributed by atoms with E-state index in [1.54, 1.807) is 13.4 Å². The van der Waals surface area contributed by atoms with Gasteiger partial charge in [-0.15, -0.1) is 0 Å². The largest absolute Gasteiger partial charge is 0.495 e. The van der Waals surface area contributed by atoms with E-state index in [0.29, 0.717) is 6.04 Å². The van der Waals surface area contributed by atoms with E-state index in [4.69, 9.17) is 4.74 Å². The molecule has 28 heavy (non-hydrogen) atoms. The molecule has 0 radical (unpaired) electrons. The third-order valence-corrected chi connectivity index (χ3v) is 6.06. The molecule has 2 saturated heterocycles. The lowest BCUT2D eigenvalue weighted by molar-refractivity contribution is 0.413. The highest BCUT2D eigenvalue weighted by atomic mass is 16.5. The zero-order valence-electron chi connectivity index (χ0n) is 17.0. The maximum atomic E-state index is 5.53. The fourth-order valence-corrected chi connectivity index (χ4v) is 4.46. The monoisotopic (exact) mass is 381 g/mol. The van der Waals surface area contributed by atoms with Crippen molar-refractivity contribution in [3.8, 4) is 5.75 Å². The Bertz CT molecular complexity index is 775. The predicted molar refractivity (Wildman–Crippen MR) is 115 cm³/mol. The number of piperidine rings is 1. The average Bonchev–Trinajstić information content (AvgIpc) is 2.79. The molecule has 0 aliphatic carbocycles. The number of hydrogen-bond acceptors (Lipinski definition) is 6. The summed E-state index contributed by atoms with van der Waals surface area (Å²) in [5, 5.41) is 0. The molecule has 0 amide bonds. The molecule has 0 N–H and O–H groups in total. The minimum Gasteiger partial charge on any atom is -0.495 e. The lowest BCUT2D eigenvalue weighted by Crippen LogP contribution is -2.47. The number of ether oxygens (including phenoxy) is 1. The molecule has 3 heterocycles. The molecule has 1 unspecified atom stereocenters. The van der Waals surface area contributed by atoms with E-state index in [1.165, 1.54) is 31.4 Å². The summed E-state index contributed by atoms with van der Waals surface area (Å²) in [5.74, 6) is 3.07. The minimum atomic E-state index is 0.610. The lowest BCUT2D eigenvalue weighted by Gasteiger charge is -2.38. The Morgan fingerprint density at radius 1 is 0.964 bits per heavy atom. The van der Waals surface area contributed by atoms with Gasteiger partial charge in [-0.25, -0.2) is 9.97 Å². The standard InChI is InChI=1S/C22H31N5O/c1-3-18-8-6-7-11-27(18)22-16-21(23-17-24-22)26-14-12-25(13-15-26)19-9-4-5-10-20(19)28-2/h4-5,9-10,16-18H,3,6-8,11-15H2,1-2H3. The Hall–Kier alpha value is -2.50. The summed E-state index contributed by atoms with van der Waals surface area (Å²) in [5.41, 5.74) is 1.17. The van der Waals surface area contributed by atoms with Crippen LogP contribution in [-0.4, -0.2) is 55.8 Å². The van der Waals surface area contributed by atoms with Crippen LogP contribution >= 0.6 is 0 Å². The van der Waals surface area contributed by atoms with Crippen LogP contribution in [0.2, 0.25) is 0 Å². The molecule has 6 nitrogen and oxygen atoms in total. The molecule has 6 heteroatoms. The maximum absolute atomic E-state index is 5.53. The second-order valence-corrected chi connectivity index (χ2v) is 7.63. The zero-order valence-corrected chi connectivity index (χ0v) is 17.0. The fourth-order valence-electron chi connectivity index (χ4n) is 4.46. The topological polar surface area (TPSA) is 44.7 Å². The van der Waals surface area contributed by atoms with Gasteiger partial charge in [-0.1, -0.05) is 19.1 Å². The number of piperazine rings is 1. The van der Waals surface area contributed by atoms with Gasteiger partial charge in [-0.3, -0.25) is 0 Å². The summed E-state index contributed by atoms with van der Waals surface area (Å²) in [6, 6.07) is 11.1. The van der Waals surface area contributed by atoms with E-state index in [2.05, 4.69) is 49.8 Å². The number of anilines is 3. The van der Waals surface area contributed by atoms with Crippen molar-refractivity contribution in [2.24, 2.45) is 0 Å². The summed E-state index contributed by atoms with van der Waals surface area (Å²) in [6.07, 6.45) is 6.77. The van der Waals surface area contributed by atoms with Crippen molar-refractivity contribution in [2.75, 3.05) is 54.5 Å². The van der Waals surface area contributed by atoms with Gasteiger partial charge in [0.2, 0.25) is 0 Å². The summed E-state index contributed by atoms with van der Waals surface area (Å²) >= 11 is 0. The van der Waals surface area contributed by atoms with Gasteiger partial charge in [0.25, 0.3) is 0 Å². The highest BCUT2D eigenvalue weighted by Crippen LogP contribution is 2.30. The van der Waals surface area contributed by atoms with E-state index in [1.807, 2.05) is 12.1 Å². The van der Waals surface area contributed by atoms with Crippen LogP contribution in [-0.2, 0) is 0 Å². The van der Waals surface area contributed by atoms with Gasteiger partial charge < -0.3 is 19.4 Å². The Morgan fingerprint density at radius 3 is 2.50 bits per heavy atom. The Morgan fingerprint density at radius 2 is 1.71 bits per heavy atom. The smallest absolute Gasteiger partial charge is 0.142 e. The van der Waals surface area contributed by atoms with Gasteiger partial charge in [-0.2, -0.15) is 0 Å². The normalized spacial score (nSPS) is 20.4. The first kappa shape index (κ1) is 18.8. The number of methoxy groups -OCH3 is 1. The molecule has 4 rings (SSSR count). The average molecular weight is 382 g/mol. The fraction of sp³-hybridized carbons (Fsp3) is 0.545. The van der Waals surface area contributed by atoms with E-state index in [9.17, 15) is 0 Å². The highest BCUT2D eigenvalue weighted by molar-refractivity contribution is 5.60. The van der Waals surface area contributed by atoms with Crippen molar-refractivity contribution < 1.29 is 4.74 Å². The van der Waals surface area contributed by atoms with Crippen LogP contribution in [0, 0.1) is 0 Å². The van der Waals surface area contributed by atoms with E-state index < -0.39 is 0 Å². The number of para-hydroxylation sites is 2. The number of hydrogen-bond donors (Lipinski definition) is 0. The number of aromatic nitrogens is 2. The van der Waals surface area contributed by atoms with Crippen molar-refractivity contribution in [1.29, 1.82) is 0 Å². The molecular formula is C22H31N5O. The van der Waals surface area contributed by atoms with Crippen LogP contribution < -0.4 is 19.4 Å². The summed E-state index contributed by atoms with van der Waals surface area (Å²) in [4.78, 5) is 16.4. The summed E-state index contributed by atoms with van der Waals surface area (Å²) in [6.45, 7) is 7.21. The van der Waals surface area contributed by atoms with Crippen molar-refractivity contribution >= 4 is 17.3 Å². The van der Waals surface area contributed by atoms with Gasteiger partial charge >= 0.3 is 0 Å². The summed E-state index contributed by atoms with van der Waals surface area (Å²) < 4.78 is 5.53. The molecule has 2 fully saturated rings. The minimum absolute atomic E-state index is 0.610. The summed E-state index contributed by atoms with van der Waals surface area (Å²) in [7, 11) is 1.74. The second-order valence-electron chi connectivity index (χ2n) is 7.63. The molecule has 0 saturated carbocycles. The third kappa shape index (κ3) is 3.86. The predicted octanol–water partition coefficient (Wildman–Crippen LogP) is 3.58. The van der Waals surface area contributed by atoms with Crippen molar-refractivity contribution in [2.45, 2.75) is 38.6 Å². The van der Waals surface area contributed by atoms with Crippen molar-refractivity contribution in [3.05, 3.63) is 36.7 Å². The zero-order chi connectivity index (χ0) is 19.3. The van der Waals surface area contributed by atoms with Crippen molar-refractivity contribution in [1.82, 2.24) is 9.97 Å². The molecule has 2 aliphatic rings. The SMILES string of the molecule is CCC1CCCCN1c1cc(N2CCN(c3ccccc3OC)CC2)ncn1. The quantitative estimate of drug-likeness (QED) is 0.789.